The highest BCUT2D eigenvalue weighted by Gasteiger charge is 2.13. The summed E-state index contributed by atoms with van der Waals surface area (Å²) in [6, 6.07) is 3.56. The van der Waals surface area contributed by atoms with Gasteiger partial charge in [0, 0.05) is 19.3 Å². The number of nitrogens with zero attached hydrogens (tertiary/aromatic N) is 3. The second-order valence-corrected chi connectivity index (χ2v) is 4.75. The van der Waals surface area contributed by atoms with Gasteiger partial charge in [0.05, 0.1) is 0 Å². The highest BCUT2D eigenvalue weighted by Crippen LogP contribution is 2.11. The first-order valence-corrected chi connectivity index (χ1v) is 6.51. The SMILES string of the molecule is O=c1oc2cccnc2n1CCN1CCCCC1. The van der Waals surface area contributed by atoms with E-state index < -0.39 is 0 Å². The van der Waals surface area contributed by atoms with Crippen molar-refractivity contribution in [3.05, 3.63) is 28.9 Å². The van der Waals surface area contributed by atoms with E-state index in [1.54, 1.807) is 22.9 Å². The number of likely N-dealkylation sites (tertiary alicyclic amines) is 1. The summed E-state index contributed by atoms with van der Waals surface area (Å²) in [4.78, 5) is 18.4. The molecule has 1 aliphatic heterocycles. The number of aromatic nitrogens is 2. The van der Waals surface area contributed by atoms with Crippen LogP contribution in [0, 0.1) is 0 Å². The standard InChI is InChI=1S/C13H17N3O2/c17-13-16(10-9-15-7-2-1-3-8-15)12-11(18-13)5-4-6-14-12/h4-6H,1-3,7-10H2. The van der Waals surface area contributed by atoms with Gasteiger partial charge in [-0.05, 0) is 38.1 Å². The van der Waals surface area contributed by atoms with E-state index in [4.69, 9.17) is 4.42 Å². The molecule has 5 nitrogen and oxygen atoms in total. The average Bonchev–Trinajstić information content (AvgIpc) is 2.73. The summed E-state index contributed by atoms with van der Waals surface area (Å²) in [6.07, 6.45) is 5.54. The maximum atomic E-state index is 11.7. The average molecular weight is 247 g/mol. The van der Waals surface area contributed by atoms with Crippen molar-refractivity contribution in [1.82, 2.24) is 14.5 Å². The van der Waals surface area contributed by atoms with Crippen molar-refractivity contribution in [2.24, 2.45) is 0 Å². The van der Waals surface area contributed by atoms with Gasteiger partial charge in [0.1, 0.15) is 0 Å². The molecule has 0 spiro atoms. The minimum atomic E-state index is -0.305. The maximum Gasteiger partial charge on any atom is 0.421 e. The zero-order valence-electron chi connectivity index (χ0n) is 10.3. The second kappa shape index (κ2) is 4.94. The van der Waals surface area contributed by atoms with Gasteiger partial charge in [0.15, 0.2) is 11.2 Å². The zero-order valence-corrected chi connectivity index (χ0v) is 10.3. The van der Waals surface area contributed by atoms with Crippen LogP contribution in [0.2, 0.25) is 0 Å². The molecule has 3 rings (SSSR count). The number of pyridine rings is 1. The Morgan fingerprint density at radius 1 is 1.22 bits per heavy atom. The molecular formula is C13H17N3O2. The summed E-state index contributed by atoms with van der Waals surface area (Å²) < 4.78 is 6.79. The molecule has 0 radical (unpaired) electrons. The van der Waals surface area contributed by atoms with Gasteiger partial charge in [-0.15, -0.1) is 0 Å². The summed E-state index contributed by atoms with van der Waals surface area (Å²) in [5.74, 6) is -0.305. The molecule has 0 aliphatic carbocycles. The van der Waals surface area contributed by atoms with E-state index in [1.165, 1.54) is 19.3 Å². The van der Waals surface area contributed by atoms with Crippen LogP contribution in [0.1, 0.15) is 19.3 Å². The van der Waals surface area contributed by atoms with E-state index in [1.807, 2.05) is 0 Å². The predicted octanol–water partition coefficient (Wildman–Crippen LogP) is 1.48. The Kier molecular flexibility index (Phi) is 3.15. The Bertz CT molecular complexity index is 581. The van der Waals surface area contributed by atoms with Crippen LogP contribution in [0.15, 0.2) is 27.5 Å². The molecule has 0 unspecified atom stereocenters. The third-order valence-electron chi connectivity index (χ3n) is 3.51. The summed E-state index contributed by atoms with van der Waals surface area (Å²) in [7, 11) is 0. The van der Waals surface area contributed by atoms with Gasteiger partial charge in [-0.1, -0.05) is 6.42 Å². The van der Waals surface area contributed by atoms with Crippen molar-refractivity contribution in [2.75, 3.05) is 19.6 Å². The van der Waals surface area contributed by atoms with Crippen LogP contribution in [-0.4, -0.2) is 34.1 Å². The number of hydrogen-bond donors (Lipinski definition) is 0. The number of piperidine rings is 1. The van der Waals surface area contributed by atoms with Crippen LogP contribution >= 0.6 is 0 Å². The molecule has 96 valence electrons. The number of fused-ring (bicyclic) bond motifs is 1. The van der Waals surface area contributed by atoms with Crippen LogP contribution in [-0.2, 0) is 6.54 Å². The highest BCUT2D eigenvalue weighted by atomic mass is 16.4. The normalized spacial score (nSPS) is 17.3. The van der Waals surface area contributed by atoms with E-state index in [-0.39, 0.29) is 5.76 Å². The third-order valence-corrected chi connectivity index (χ3v) is 3.51. The van der Waals surface area contributed by atoms with Crippen molar-refractivity contribution in [2.45, 2.75) is 25.8 Å². The van der Waals surface area contributed by atoms with Gasteiger partial charge in [-0.3, -0.25) is 4.57 Å². The topological polar surface area (TPSA) is 51.3 Å². The van der Waals surface area contributed by atoms with E-state index in [9.17, 15) is 4.79 Å². The van der Waals surface area contributed by atoms with Crippen LogP contribution in [0.4, 0.5) is 0 Å². The van der Waals surface area contributed by atoms with Crippen molar-refractivity contribution >= 4 is 11.2 Å². The molecule has 0 aromatic carbocycles. The first-order chi connectivity index (χ1) is 8.84. The Morgan fingerprint density at radius 2 is 2.06 bits per heavy atom. The molecule has 1 aliphatic rings. The summed E-state index contributed by atoms with van der Waals surface area (Å²) in [5, 5.41) is 0. The van der Waals surface area contributed by atoms with Gasteiger partial charge >= 0.3 is 5.76 Å². The molecule has 2 aromatic heterocycles. The second-order valence-electron chi connectivity index (χ2n) is 4.75. The lowest BCUT2D eigenvalue weighted by molar-refractivity contribution is 0.219. The first kappa shape index (κ1) is 11.5. The van der Waals surface area contributed by atoms with E-state index >= 15 is 0 Å². The number of rotatable bonds is 3. The van der Waals surface area contributed by atoms with Crippen molar-refractivity contribution in [3.63, 3.8) is 0 Å². The molecular weight excluding hydrogens is 230 g/mol. The lowest BCUT2D eigenvalue weighted by atomic mass is 10.1. The molecule has 0 N–H and O–H groups in total. The molecule has 3 heterocycles. The molecule has 1 fully saturated rings. The fraction of sp³-hybridized carbons (Fsp3) is 0.538. The Hall–Kier alpha value is -1.62. The Morgan fingerprint density at radius 3 is 2.89 bits per heavy atom. The number of hydrogen-bond acceptors (Lipinski definition) is 4. The van der Waals surface area contributed by atoms with E-state index in [0.717, 1.165) is 19.6 Å². The predicted molar refractivity (Wildman–Crippen MR) is 68.6 cm³/mol. The maximum absolute atomic E-state index is 11.7. The molecule has 5 heteroatoms. The van der Waals surface area contributed by atoms with Gasteiger partial charge in [0.25, 0.3) is 0 Å². The Balaban J connectivity index is 1.77. The Labute approximate surface area is 105 Å². The fourth-order valence-corrected chi connectivity index (χ4v) is 2.52. The van der Waals surface area contributed by atoms with Crippen molar-refractivity contribution in [3.8, 4) is 0 Å². The third kappa shape index (κ3) is 2.18. The van der Waals surface area contributed by atoms with Crippen LogP contribution in [0.5, 0.6) is 0 Å². The van der Waals surface area contributed by atoms with Gasteiger partial charge in [-0.25, -0.2) is 9.78 Å². The van der Waals surface area contributed by atoms with Crippen LogP contribution in [0.3, 0.4) is 0 Å². The smallest absolute Gasteiger partial charge is 0.406 e. The molecule has 2 aromatic rings. The van der Waals surface area contributed by atoms with Crippen molar-refractivity contribution < 1.29 is 4.42 Å². The monoisotopic (exact) mass is 247 g/mol. The number of oxazole rings is 1. The molecule has 18 heavy (non-hydrogen) atoms. The summed E-state index contributed by atoms with van der Waals surface area (Å²) in [6.45, 7) is 3.82. The molecule has 0 bridgehead atoms. The van der Waals surface area contributed by atoms with E-state index in [2.05, 4.69) is 9.88 Å². The minimum absolute atomic E-state index is 0.305. The lowest BCUT2D eigenvalue weighted by Crippen LogP contribution is -2.34. The van der Waals surface area contributed by atoms with Crippen LogP contribution in [0.25, 0.3) is 11.2 Å². The first-order valence-electron chi connectivity index (χ1n) is 6.51. The van der Waals surface area contributed by atoms with Gasteiger partial charge < -0.3 is 9.32 Å². The lowest BCUT2D eigenvalue weighted by Gasteiger charge is -2.26. The molecule has 0 atom stereocenters. The fourth-order valence-electron chi connectivity index (χ4n) is 2.52. The molecule has 0 saturated carbocycles. The minimum Gasteiger partial charge on any atom is -0.406 e. The molecule has 1 saturated heterocycles. The highest BCUT2D eigenvalue weighted by molar-refractivity contribution is 5.67. The largest absolute Gasteiger partial charge is 0.421 e. The van der Waals surface area contributed by atoms with E-state index in [0.29, 0.717) is 17.8 Å². The summed E-state index contributed by atoms with van der Waals surface area (Å²) in [5.41, 5.74) is 1.22. The van der Waals surface area contributed by atoms with Gasteiger partial charge in [0.2, 0.25) is 0 Å². The summed E-state index contributed by atoms with van der Waals surface area (Å²) >= 11 is 0. The molecule has 0 amide bonds. The van der Waals surface area contributed by atoms with Gasteiger partial charge in [-0.2, -0.15) is 0 Å². The quantitative estimate of drug-likeness (QED) is 0.824. The van der Waals surface area contributed by atoms with Crippen LogP contribution < -0.4 is 5.76 Å². The van der Waals surface area contributed by atoms with Crippen molar-refractivity contribution in [1.29, 1.82) is 0 Å². The zero-order chi connectivity index (χ0) is 12.4.